The fourth-order valence-electron chi connectivity index (χ4n) is 4.36. The standard InChI is InChI=1S/C26H28O3/c1-2-18(19-9-5-3-6-10-19)15-16-22-17-23(27)25(26(28)29-22)24(21-13-14-21)20-11-7-4-8-12-20/h3-12,17-18,21,24,27H,2,13-16H2,1H3. The lowest BCUT2D eigenvalue weighted by Crippen LogP contribution is -2.16. The molecule has 0 amide bonds. The van der Waals surface area contributed by atoms with E-state index in [4.69, 9.17) is 4.42 Å². The molecule has 1 fully saturated rings. The number of benzene rings is 2. The third-order valence-corrected chi connectivity index (χ3v) is 6.08. The zero-order valence-electron chi connectivity index (χ0n) is 16.9. The van der Waals surface area contributed by atoms with Gasteiger partial charge in [-0.3, -0.25) is 0 Å². The average Bonchev–Trinajstić information content (AvgIpc) is 3.57. The zero-order valence-corrected chi connectivity index (χ0v) is 16.9. The van der Waals surface area contributed by atoms with Crippen LogP contribution in [-0.4, -0.2) is 5.11 Å². The minimum atomic E-state index is -0.395. The number of aromatic hydroxyl groups is 1. The topological polar surface area (TPSA) is 50.4 Å². The van der Waals surface area contributed by atoms with Crippen LogP contribution in [0.3, 0.4) is 0 Å². The maximum absolute atomic E-state index is 12.9. The first kappa shape index (κ1) is 19.5. The molecule has 1 aliphatic rings. The summed E-state index contributed by atoms with van der Waals surface area (Å²) in [5, 5.41) is 10.8. The van der Waals surface area contributed by atoms with Gasteiger partial charge < -0.3 is 9.52 Å². The van der Waals surface area contributed by atoms with Crippen LogP contribution in [0.15, 0.2) is 75.9 Å². The molecule has 1 aliphatic carbocycles. The Morgan fingerprint density at radius 3 is 2.17 bits per heavy atom. The molecule has 150 valence electrons. The Bertz CT molecular complexity index is 987. The van der Waals surface area contributed by atoms with E-state index in [1.54, 1.807) is 6.07 Å². The average molecular weight is 389 g/mol. The molecule has 0 spiro atoms. The molecule has 29 heavy (non-hydrogen) atoms. The molecule has 1 heterocycles. The highest BCUT2D eigenvalue weighted by molar-refractivity contribution is 5.41. The molecule has 1 N–H and O–H groups in total. The van der Waals surface area contributed by atoms with E-state index >= 15 is 0 Å². The molecule has 0 bridgehead atoms. The summed E-state index contributed by atoms with van der Waals surface area (Å²) in [4.78, 5) is 12.9. The highest BCUT2D eigenvalue weighted by Gasteiger charge is 2.37. The fourth-order valence-corrected chi connectivity index (χ4v) is 4.36. The van der Waals surface area contributed by atoms with Crippen LogP contribution in [0.2, 0.25) is 0 Å². The number of rotatable bonds is 8. The van der Waals surface area contributed by atoms with Crippen molar-refractivity contribution in [3.05, 3.63) is 99.6 Å². The van der Waals surface area contributed by atoms with Gasteiger partial charge in [-0.2, -0.15) is 0 Å². The van der Waals surface area contributed by atoms with E-state index in [0.717, 1.165) is 31.2 Å². The van der Waals surface area contributed by atoms with Crippen molar-refractivity contribution in [3.63, 3.8) is 0 Å². The van der Waals surface area contributed by atoms with Crippen LogP contribution < -0.4 is 5.63 Å². The Hall–Kier alpha value is -2.81. The molecule has 2 aromatic carbocycles. The molecule has 2 atom stereocenters. The van der Waals surface area contributed by atoms with E-state index < -0.39 is 5.63 Å². The molecule has 3 aromatic rings. The third kappa shape index (κ3) is 4.45. The maximum Gasteiger partial charge on any atom is 0.343 e. The fraction of sp³-hybridized carbons (Fsp3) is 0.346. The lowest BCUT2D eigenvalue weighted by molar-refractivity contribution is 0.397. The van der Waals surface area contributed by atoms with Crippen molar-refractivity contribution >= 4 is 0 Å². The maximum atomic E-state index is 12.9. The highest BCUT2D eigenvalue weighted by atomic mass is 16.4. The van der Waals surface area contributed by atoms with Crippen LogP contribution in [0.5, 0.6) is 5.75 Å². The van der Waals surface area contributed by atoms with E-state index in [9.17, 15) is 9.90 Å². The molecule has 0 saturated heterocycles. The molecule has 3 nitrogen and oxygen atoms in total. The van der Waals surface area contributed by atoms with Gasteiger partial charge >= 0.3 is 5.63 Å². The lowest BCUT2D eigenvalue weighted by atomic mass is 9.87. The van der Waals surface area contributed by atoms with E-state index in [1.165, 1.54) is 5.56 Å². The first-order valence-electron chi connectivity index (χ1n) is 10.6. The Morgan fingerprint density at radius 1 is 1.00 bits per heavy atom. The van der Waals surface area contributed by atoms with Gasteiger partial charge in [-0.15, -0.1) is 0 Å². The van der Waals surface area contributed by atoms with Crippen LogP contribution in [0.25, 0.3) is 0 Å². The van der Waals surface area contributed by atoms with Gasteiger partial charge in [0.15, 0.2) is 0 Å². The van der Waals surface area contributed by atoms with Gasteiger partial charge in [-0.25, -0.2) is 4.79 Å². The minimum absolute atomic E-state index is 0.0739. The molecular formula is C26H28O3. The zero-order chi connectivity index (χ0) is 20.2. The predicted molar refractivity (Wildman–Crippen MR) is 115 cm³/mol. The molecule has 2 unspecified atom stereocenters. The molecule has 1 aromatic heterocycles. The largest absolute Gasteiger partial charge is 0.507 e. The summed E-state index contributed by atoms with van der Waals surface area (Å²) in [5.74, 6) is 1.36. The van der Waals surface area contributed by atoms with Crippen LogP contribution in [0.1, 0.15) is 66.9 Å². The van der Waals surface area contributed by atoms with Crippen molar-refractivity contribution in [1.82, 2.24) is 0 Å². The summed E-state index contributed by atoms with van der Waals surface area (Å²) in [6, 6.07) is 22.1. The van der Waals surface area contributed by atoms with Crippen molar-refractivity contribution in [2.75, 3.05) is 0 Å². The lowest BCUT2D eigenvalue weighted by Gasteiger charge is -2.18. The van der Waals surface area contributed by atoms with Crippen molar-refractivity contribution in [2.24, 2.45) is 5.92 Å². The second-order valence-corrected chi connectivity index (χ2v) is 8.08. The van der Waals surface area contributed by atoms with Crippen molar-refractivity contribution in [3.8, 4) is 5.75 Å². The summed E-state index contributed by atoms with van der Waals surface area (Å²) in [6.45, 7) is 2.18. The first-order chi connectivity index (χ1) is 14.2. The molecule has 0 aliphatic heterocycles. The number of hydrogen-bond donors (Lipinski definition) is 1. The quantitative estimate of drug-likeness (QED) is 0.514. The predicted octanol–water partition coefficient (Wildman–Crippen LogP) is 6.01. The first-order valence-corrected chi connectivity index (χ1v) is 10.6. The Balaban J connectivity index is 1.56. The van der Waals surface area contributed by atoms with Gasteiger partial charge in [0.2, 0.25) is 0 Å². The Kier molecular flexibility index (Phi) is 5.84. The summed E-state index contributed by atoms with van der Waals surface area (Å²) in [7, 11) is 0. The van der Waals surface area contributed by atoms with Gasteiger partial charge in [0, 0.05) is 18.4 Å². The van der Waals surface area contributed by atoms with E-state index in [2.05, 4.69) is 31.2 Å². The van der Waals surface area contributed by atoms with Gasteiger partial charge in [-0.05, 0) is 48.6 Å². The van der Waals surface area contributed by atoms with Crippen molar-refractivity contribution < 1.29 is 9.52 Å². The van der Waals surface area contributed by atoms with E-state index in [0.29, 0.717) is 29.6 Å². The van der Waals surface area contributed by atoms with Gasteiger partial charge in [0.05, 0.1) is 5.56 Å². The highest BCUT2D eigenvalue weighted by Crippen LogP contribution is 2.47. The summed E-state index contributed by atoms with van der Waals surface area (Å²) in [6.07, 6.45) is 4.70. The van der Waals surface area contributed by atoms with E-state index in [-0.39, 0.29) is 11.7 Å². The molecule has 3 heteroatoms. The second-order valence-electron chi connectivity index (χ2n) is 8.08. The number of aryl methyl sites for hydroxylation is 1. The molecule has 4 rings (SSSR count). The van der Waals surface area contributed by atoms with Crippen LogP contribution in [0, 0.1) is 5.92 Å². The van der Waals surface area contributed by atoms with Crippen LogP contribution in [-0.2, 0) is 6.42 Å². The molecule has 1 saturated carbocycles. The van der Waals surface area contributed by atoms with Crippen LogP contribution >= 0.6 is 0 Å². The number of hydrogen-bond acceptors (Lipinski definition) is 3. The SMILES string of the molecule is CCC(CCc1cc(O)c(C(c2ccccc2)C2CC2)c(=O)o1)c1ccccc1. The van der Waals surface area contributed by atoms with Crippen LogP contribution in [0.4, 0.5) is 0 Å². The summed E-state index contributed by atoms with van der Waals surface area (Å²) < 4.78 is 5.68. The van der Waals surface area contributed by atoms with Crippen molar-refractivity contribution in [2.45, 2.75) is 50.9 Å². The van der Waals surface area contributed by atoms with Gasteiger partial charge in [0.25, 0.3) is 0 Å². The van der Waals surface area contributed by atoms with Gasteiger partial charge in [0.1, 0.15) is 11.5 Å². The minimum Gasteiger partial charge on any atom is -0.507 e. The smallest absolute Gasteiger partial charge is 0.343 e. The Labute approximate surface area is 172 Å². The normalized spacial score (nSPS) is 15.8. The monoisotopic (exact) mass is 388 g/mol. The molecular weight excluding hydrogens is 360 g/mol. The summed E-state index contributed by atoms with van der Waals surface area (Å²) >= 11 is 0. The second kappa shape index (κ2) is 8.69. The van der Waals surface area contributed by atoms with Gasteiger partial charge in [-0.1, -0.05) is 67.6 Å². The van der Waals surface area contributed by atoms with E-state index in [1.807, 2.05) is 36.4 Å². The third-order valence-electron chi connectivity index (χ3n) is 6.08. The summed E-state index contributed by atoms with van der Waals surface area (Å²) in [5.41, 5.74) is 2.39. The molecule has 0 radical (unpaired) electrons. The Morgan fingerprint density at radius 2 is 1.62 bits per heavy atom. The van der Waals surface area contributed by atoms with Crippen molar-refractivity contribution in [1.29, 1.82) is 0 Å².